The van der Waals surface area contributed by atoms with Gasteiger partial charge in [0.1, 0.15) is 17.4 Å². The van der Waals surface area contributed by atoms with Gasteiger partial charge in [0, 0.05) is 28.4 Å². The summed E-state index contributed by atoms with van der Waals surface area (Å²) in [5.41, 5.74) is 0.363. The lowest BCUT2D eigenvalue weighted by atomic mass is 9.84. The number of phenols is 1. The third kappa shape index (κ3) is 4.59. The number of rotatable bonds is 7. The molecule has 0 aliphatic heterocycles. The van der Waals surface area contributed by atoms with Crippen molar-refractivity contribution in [3.05, 3.63) is 83.6 Å². The fourth-order valence-electron chi connectivity index (χ4n) is 4.29. The Balaban J connectivity index is 2.17. The van der Waals surface area contributed by atoms with Crippen LogP contribution in [0.3, 0.4) is 0 Å². The van der Waals surface area contributed by atoms with Gasteiger partial charge in [-0.25, -0.2) is 13.6 Å². The molecule has 0 saturated heterocycles. The number of aromatic nitrogens is 1. The van der Waals surface area contributed by atoms with E-state index in [9.17, 15) is 32.6 Å². The van der Waals surface area contributed by atoms with Gasteiger partial charge in [-0.3, -0.25) is 0 Å². The van der Waals surface area contributed by atoms with Crippen LogP contribution >= 0.6 is 0 Å². The zero-order chi connectivity index (χ0) is 25.5. The number of carboxylic acids is 1. The van der Waals surface area contributed by atoms with Crippen molar-refractivity contribution < 1.29 is 37.3 Å². The van der Waals surface area contributed by atoms with Crippen LogP contribution in [-0.4, -0.2) is 34.0 Å². The Morgan fingerprint density at radius 1 is 1.03 bits per heavy atom. The summed E-state index contributed by atoms with van der Waals surface area (Å²) in [6.45, 7) is -0.261. The highest BCUT2D eigenvalue weighted by Crippen LogP contribution is 2.46. The van der Waals surface area contributed by atoms with Gasteiger partial charge in [0.05, 0.1) is 23.1 Å². The number of aromatic hydroxyl groups is 1. The van der Waals surface area contributed by atoms with Gasteiger partial charge in [-0.15, -0.1) is 0 Å². The van der Waals surface area contributed by atoms with Crippen LogP contribution in [0, 0.1) is 11.6 Å². The number of fused-ring (bicyclic) bond motifs is 1. The topological polar surface area (TPSA) is 71.7 Å². The summed E-state index contributed by atoms with van der Waals surface area (Å²) in [7, 11) is 0. The summed E-state index contributed by atoms with van der Waals surface area (Å²) in [6, 6.07) is 13.2. The predicted molar refractivity (Wildman–Crippen MR) is 122 cm³/mol. The Morgan fingerprint density at radius 2 is 1.71 bits per heavy atom. The van der Waals surface area contributed by atoms with E-state index in [0.717, 1.165) is 12.1 Å². The fourth-order valence-corrected chi connectivity index (χ4v) is 4.29. The molecule has 182 valence electrons. The molecule has 0 aliphatic rings. The third-order valence-electron chi connectivity index (χ3n) is 5.71. The summed E-state index contributed by atoms with van der Waals surface area (Å²) in [6.07, 6.45) is 0. The summed E-state index contributed by atoms with van der Waals surface area (Å²) in [4.78, 5) is 11.6. The standard InChI is InChI=1S/C26H21F4NO4/c1-26(2,13-35-25(29)30)23-21(14-4-3-5-15(10-14)24(33)34)22-19(11-17(28)12-20(22)32)31(23)18-8-6-16(27)7-9-18/h3-12,25,32H,13H2,1-2H3,(H,33,34). The van der Waals surface area contributed by atoms with Crippen LogP contribution in [0.2, 0.25) is 0 Å². The van der Waals surface area contributed by atoms with Crippen LogP contribution in [0.15, 0.2) is 60.7 Å². The number of hydrogen-bond donors (Lipinski definition) is 2. The van der Waals surface area contributed by atoms with Crippen molar-refractivity contribution in [2.24, 2.45) is 0 Å². The Kier molecular flexibility index (Phi) is 6.29. The number of halogens is 4. The van der Waals surface area contributed by atoms with E-state index in [1.54, 1.807) is 19.9 Å². The molecular formula is C26H21F4NO4. The smallest absolute Gasteiger partial charge is 0.345 e. The first-order valence-corrected chi connectivity index (χ1v) is 10.6. The lowest BCUT2D eigenvalue weighted by Gasteiger charge is -2.28. The minimum Gasteiger partial charge on any atom is -0.507 e. The molecule has 0 spiro atoms. The molecule has 9 heteroatoms. The van der Waals surface area contributed by atoms with Crippen molar-refractivity contribution in [2.75, 3.05) is 6.61 Å². The summed E-state index contributed by atoms with van der Waals surface area (Å²) in [5.74, 6) is -2.89. The number of alkyl halides is 2. The van der Waals surface area contributed by atoms with E-state index in [2.05, 4.69) is 4.74 Å². The van der Waals surface area contributed by atoms with Crippen molar-refractivity contribution in [2.45, 2.75) is 25.9 Å². The molecule has 0 amide bonds. The SMILES string of the molecule is CC(C)(COC(F)F)c1c(-c2cccc(C(=O)O)c2)c2c(O)cc(F)cc2n1-c1ccc(F)cc1. The molecule has 0 aliphatic carbocycles. The molecule has 1 heterocycles. The molecule has 4 aromatic rings. The van der Waals surface area contributed by atoms with Crippen LogP contribution < -0.4 is 0 Å². The van der Waals surface area contributed by atoms with Gasteiger partial charge in [-0.05, 0) is 48.0 Å². The maximum atomic E-state index is 14.5. The number of hydrogen-bond acceptors (Lipinski definition) is 3. The van der Waals surface area contributed by atoms with Crippen molar-refractivity contribution >= 4 is 16.9 Å². The van der Waals surface area contributed by atoms with Gasteiger partial charge in [0.25, 0.3) is 0 Å². The Morgan fingerprint density at radius 3 is 2.34 bits per heavy atom. The molecule has 0 radical (unpaired) electrons. The zero-order valence-electron chi connectivity index (χ0n) is 18.7. The first-order chi connectivity index (χ1) is 16.5. The quantitative estimate of drug-likeness (QED) is 0.292. The highest BCUT2D eigenvalue weighted by Gasteiger charge is 2.34. The van der Waals surface area contributed by atoms with E-state index in [-0.39, 0.29) is 16.5 Å². The van der Waals surface area contributed by atoms with E-state index in [1.807, 2.05) is 0 Å². The minimum atomic E-state index is -3.05. The number of benzene rings is 3. The maximum absolute atomic E-state index is 14.5. The zero-order valence-corrected chi connectivity index (χ0v) is 18.7. The van der Waals surface area contributed by atoms with Crippen LogP contribution in [-0.2, 0) is 10.2 Å². The first-order valence-electron chi connectivity index (χ1n) is 10.6. The molecule has 35 heavy (non-hydrogen) atoms. The normalized spacial score (nSPS) is 12.0. The molecule has 3 aromatic carbocycles. The van der Waals surface area contributed by atoms with E-state index in [4.69, 9.17) is 0 Å². The van der Waals surface area contributed by atoms with Gasteiger partial charge >= 0.3 is 12.6 Å². The molecule has 4 rings (SSSR count). The maximum Gasteiger partial charge on any atom is 0.345 e. The van der Waals surface area contributed by atoms with E-state index in [0.29, 0.717) is 22.5 Å². The molecule has 0 atom stereocenters. The number of ether oxygens (including phenoxy) is 1. The molecule has 2 N–H and O–H groups in total. The van der Waals surface area contributed by atoms with Crippen LogP contribution in [0.5, 0.6) is 5.75 Å². The second kappa shape index (κ2) is 9.07. The average Bonchev–Trinajstić information content (AvgIpc) is 3.14. The molecule has 0 saturated carbocycles. The number of carbonyl (C=O) groups is 1. The molecule has 0 bridgehead atoms. The van der Waals surface area contributed by atoms with E-state index < -0.39 is 42.0 Å². The van der Waals surface area contributed by atoms with Gasteiger partial charge < -0.3 is 19.5 Å². The summed E-state index contributed by atoms with van der Waals surface area (Å²) >= 11 is 0. The van der Waals surface area contributed by atoms with Gasteiger partial charge in [0.15, 0.2) is 0 Å². The average molecular weight is 487 g/mol. The number of aromatic carboxylic acids is 1. The van der Waals surface area contributed by atoms with Crippen molar-refractivity contribution in [1.29, 1.82) is 0 Å². The number of phenolic OH excluding ortho intramolecular Hbond substituents is 1. The van der Waals surface area contributed by atoms with Gasteiger partial charge in [-0.2, -0.15) is 8.78 Å². The monoisotopic (exact) mass is 487 g/mol. The molecule has 5 nitrogen and oxygen atoms in total. The molecule has 0 unspecified atom stereocenters. The fraction of sp³-hybridized carbons (Fsp3) is 0.192. The van der Waals surface area contributed by atoms with Crippen molar-refractivity contribution in [3.8, 4) is 22.6 Å². The summed E-state index contributed by atoms with van der Waals surface area (Å²) in [5, 5.41) is 20.5. The van der Waals surface area contributed by atoms with E-state index >= 15 is 0 Å². The minimum absolute atomic E-state index is 0.0422. The van der Waals surface area contributed by atoms with Crippen LogP contribution in [0.1, 0.15) is 29.9 Å². The lowest BCUT2D eigenvalue weighted by Crippen LogP contribution is -2.29. The predicted octanol–water partition coefficient (Wildman–Crippen LogP) is 6.50. The van der Waals surface area contributed by atoms with Crippen LogP contribution in [0.25, 0.3) is 27.7 Å². The van der Waals surface area contributed by atoms with Gasteiger partial charge in [-0.1, -0.05) is 26.0 Å². The second-order valence-corrected chi connectivity index (χ2v) is 8.70. The highest BCUT2D eigenvalue weighted by molar-refractivity contribution is 6.04. The second-order valence-electron chi connectivity index (χ2n) is 8.70. The Hall–Kier alpha value is -3.85. The van der Waals surface area contributed by atoms with Crippen LogP contribution in [0.4, 0.5) is 17.6 Å². The highest BCUT2D eigenvalue weighted by atomic mass is 19.3. The van der Waals surface area contributed by atoms with Gasteiger partial charge in [0.2, 0.25) is 0 Å². The Bertz CT molecular complexity index is 1410. The molecule has 0 fully saturated rings. The summed E-state index contributed by atoms with van der Waals surface area (Å²) < 4.78 is 60.4. The van der Waals surface area contributed by atoms with Crippen molar-refractivity contribution in [1.82, 2.24) is 4.57 Å². The number of carboxylic acid groups (broad SMARTS) is 1. The largest absolute Gasteiger partial charge is 0.507 e. The third-order valence-corrected chi connectivity index (χ3v) is 5.71. The molecule has 1 aromatic heterocycles. The van der Waals surface area contributed by atoms with Crippen molar-refractivity contribution in [3.63, 3.8) is 0 Å². The van der Waals surface area contributed by atoms with E-state index in [1.165, 1.54) is 47.0 Å². The Labute approximate surface area is 197 Å². The number of nitrogens with zero attached hydrogens (tertiary/aromatic N) is 1. The first kappa shape index (κ1) is 24.3. The lowest BCUT2D eigenvalue weighted by molar-refractivity contribution is -0.139. The molecular weight excluding hydrogens is 466 g/mol.